The van der Waals surface area contributed by atoms with Gasteiger partial charge in [-0.15, -0.1) is 11.3 Å². The fraction of sp³-hybridized carbons (Fsp3) is 0.562. The molecule has 7 nitrogen and oxygen atoms in total. The highest BCUT2D eigenvalue weighted by Gasteiger charge is 2.37. The van der Waals surface area contributed by atoms with E-state index in [-0.39, 0.29) is 12.0 Å². The van der Waals surface area contributed by atoms with Crippen LogP contribution in [0.2, 0.25) is 0 Å². The molecular formula is C16H21N5O2S2. The molecule has 1 aromatic rings. The summed E-state index contributed by atoms with van der Waals surface area (Å²) in [6, 6.07) is 0.267. The molecule has 1 atom stereocenters. The predicted octanol–water partition coefficient (Wildman–Crippen LogP) is 1.65. The largest absolute Gasteiger partial charge is 0.466 e. The van der Waals surface area contributed by atoms with Crippen molar-refractivity contribution in [1.82, 2.24) is 18.9 Å². The monoisotopic (exact) mass is 379 g/mol. The average Bonchev–Trinajstić information content (AvgIpc) is 3.39. The van der Waals surface area contributed by atoms with Crippen molar-refractivity contribution >= 4 is 35.3 Å². The van der Waals surface area contributed by atoms with Crippen LogP contribution in [0, 0.1) is 0 Å². The maximum Gasteiger partial charge on any atom is 0.337 e. The molecule has 3 aliphatic heterocycles. The molecule has 1 aromatic heterocycles. The van der Waals surface area contributed by atoms with E-state index in [1.165, 1.54) is 20.0 Å². The van der Waals surface area contributed by atoms with Crippen LogP contribution in [0.15, 0.2) is 27.8 Å². The van der Waals surface area contributed by atoms with Gasteiger partial charge < -0.3 is 9.64 Å². The maximum atomic E-state index is 12.2. The van der Waals surface area contributed by atoms with Crippen LogP contribution in [0.25, 0.3) is 0 Å². The molecule has 0 saturated carbocycles. The molecule has 25 heavy (non-hydrogen) atoms. The van der Waals surface area contributed by atoms with Crippen LogP contribution < -0.4 is 4.72 Å². The number of amidine groups is 1. The molecule has 134 valence electrons. The van der Waals surface area contributed by atoms with Gasteiger partial charge in [0.05, 0.1) is 19.2 Å². The summed E-state index contributed by atoms with van der Waals surface area (Å²) < 4.78 is 10.9. The third-order valence-electron chi connectivity index (χ3n) is 4.63. The molecule has 0 aliphatic carbocycles. The van der Waals surface area contributed by atoms with E-state index in [1.54, 1.807) is 29.7 Å². The number of thiazole rings is 1. The summed E-state index contributed by atoms with van der Waals surface area (Å²) in [6.45, 7) is 3.42. The van der Waals surface area contributed by atoms with Crippen molar-refractivity contribution in [1.29, 1.82) is 0 Å². The number of ether oxygens (including phenoxy) is 1. The zero-order valence-corrected chi connectivity index (χ0v) is 15.7. The number of carbonyl (C=O) groups is 1. The van der Waals surface area contributed by atoms with Crippen molar-refractivity contribution in [3.8, 4) is 0 Å². The lowest BCUT2D eigenvalue weighted by atomic mass is 10.1. The summed E-state index contributed by atoms with van der Waals surface area (Å²) in [5, 5.41) is 2.85. The van der Waals surface area contributed by atoms with E-state index in [0.717, 1.165) is 42.6 Å². The van der Waals surface area contributed by atoms with Crippen molar-refractivity contribution in [3.63, 3.8) is 0 Å². The lowest BCUT2D eigenvalue weighted by molar-refractivity contribution is -0.136. The van der Waals surface area contributed by atoms with Crippen LogP contribution >= 0.6 is 23.5 Å². The first-order valence-electron chi connectivity index (χ1n) is 8.46. The molecule has 0 amide bonds. The molecule has 9 heteroatoms. The molecule has 2 saturated heterocycles. The Labute approximate surface area is 155 Å². The Morgan fingerprint density at radius 2 is 2.28 bits per heavy atom. The van der Waals surface area contributed by atoms with E-state index in [1.807, 2.05) is 5.38 Å². The molecule has 1 N–H and O–H groups in total. The molecular weight excluding hydrogens is 358 g/mol. The minimum absolute atomic E-state index is 0.267. The highest BCUT2D eigenvalue weighted by molar-refractivity contribution is 7.95. The Balaban J connectivity index is 1.53. The van der Waals surface area contributed by atoms with Gasteiger partial charge in [-0.2, -0.15) is 0 Å². The molecule has 0 aromatic carbocycles. The number of aliphatic imine (C=N–C) groups is 1. The molecule has 0 radical (unpaired) electrons. The Hall–Kier alpha value is -1.42. The summed E-state index contributed by atoms with van der Waals surface area (Å²) in [7, 11) is 1.42. The Morgan fingerprint density at radius 3 is 3.00 bits per heavy atom. The highest BCUT2D eigenvalue weighted by atomic mass is 32.2. The van der Waals surface area contributed by atoms with Crippen LogP contribution in [0.1, 0.15) is 24.3 Å². The molecule has 3 aliphatic rings. The second kappa shape index (κ2) is 7.45. The SMILES string of the molecule is COC(=O)C1=C2C[C@H](NSN3CCCC3)CN2C(c2nccs2)=NC1. The van der Waals surface area contributed by atoms with E-state index in [4.69, 9.17) is 4.74 Å². The molecule has 2 fully saturated rings. The van der Waals surface area contributed by atoms with Crippen molar-refractivity contribution < 1.29 is 9.53 Å². The number of carbonyl (C=O) groups excluding carboxylic acids is 1. The quantitative estimate of drug-likeness (QED) is 0.616. The first-order chi connectivity index (χ1) is 12.3. The van der Waals surface area contributed by atoms with Crippen molar-refractivity contribution in [2.75, 3.05) is 33.3 Å². The lowest BCUT2D eigenvalue weighted by Gasteiger charge is -2.26. The minimum Gasteiger partial charge on any atom is -0.466 e. The standard InChI is InChI=1S/C16H21N5O2S2/c1-23-16(22)12-9-18-14(15-17-4-7-24-15)21-10-11(8-13(12)21)19-25-20-5-2-3-6-20/h4,7,11,19H,2-3,5-6,8-10H2,1H3/t11-/m0/s1. The van der Waals surface area contributed by atoms with Crippen LogP contribution in [-0.4, -0.2) is 65.3 Å². The molecule has 0 spiro atoms. The smallest absolute Gasteiger partial charge is 0.337 e. The number of nitrogens with zero attached hydrogens (tertiary/aromatic N) is 4. The first kappa shape index (κ1) is 17.0. The van der Waals surface area contributed by atoms with E-state index in [9.17, 15) is 4.79 Å². The number of nitrogens with one attached hydrogen (secondary N) is 1. The van der Waals surface area contributed by atoms with Gasteiger partial charge in [-0.1, -0.05) is 0 Å². The third kappa shape index (κ3) is 3.46. The second-order valence-corrected chi connectivity index (χ2v) is 8.08. The summed E-state index contributed by atoms with van der Waals surface area (Å²) in [6.07, 6.45) is 5.13. The number of hydrogen-bond donors (Lipinski definition) is 1. The fourth-order valence-electron chi connectivity index (χ4n) is 3.40. The fourth-order valence-corrected chi connectivity index (χ4v) is 4.95. The maximum absolute atomic E-state index is 12.2. The van der Waals surface area contributed by atoms with E-state index >= 15 is 0 Å². The van der Waals surface area contributed by atoms with E-state index in [0.29, 0.717) is 12.1 Å². The second-order valence-electron chi connectivity index (χ2n) is 6.25. The zero-order valence-electron chi connectivity index (χ0n) is 14.1. The number of rotatable bonds is 5. The number of methoxy groups -OCH3 is 1. The van der Waals surface area contributed by atoms with E-state index in [2.05, 4.69) is 23.9 Å². The van der Waals surface area contributed by atoms with Gasteiger partial charge in [0.15, 0.2) is 10.8 Å². The Kier molecular flexibility index (Phi) is 5.07. The van der Waals surface area contributed by atoms with Crippen LogP contribution in [0.5, 0.6) is 0 Å². The van der Waals surface area contributed by atoms with Gasteiger partial charge in [0.25, 0.3) is 0 Å². The minimum atomic E-state index is -0.283. The normalized spacial score (nSPS) is 23.8. The molecule has 0 bridgehead atoms. The number of esters is 1. The van der Waals surface area contributed by atoms with Gasteiger partial charge in [0.1, 0.15) is 0 Å². The van der Waals surface area contributed by atoms with Gasteiger partial charge in [0, 0.05) is 61.5 Å². The summed E-state index contributed by atoms with van der Waals surface area (Å²) in [5.41, 5.74) is 1.69. The lowest BCUT2D eigenvalue weighted by Crippen LogP contribution is -2.36. The topological polar surface area (TPSA) is 70.1 Å². The van der Waals surface area contributed by atoms with Gasteiger partial charge in [-0.3, -0.25) is 4.99 Å². The van der Waals surface area contributed by atoms with Crippen LogP contribution in [-0.2, 0) is 9.53 Å². The zero-order chi connectivity index (χ0) is 17.2. The van der Waals surface area contributed by atoms with Gasteiger partial charge in [-0.25, -0.2) is 18.8 Å². The number of fused-ring (bicyclic) bond motifs is 1. The van der Waals surface area contributed by atoms with Crippen molar-refractivity contribution in [2.45, 2.75) is 25.3 Å². The average molecular weight is 380 g/mol. The Morgan fingerprint density at radius 1 is 1.44 bits per heavy atom. The van der Waals surface area contributed by atoms with Gasteiger partial charge >= 0.3 is 5.97 Å². The van der Waals surface area contributed by atoms with Gasteiger partial charge in [-0.05, 0) is 12.8 Å². The van der Waals surface area contributed by atoms with E-state index < -0.39 is 0 Å². The Bertz CT molecular complexity index is 697. The molecule has 4 heterocycles. The number of aromatic nitrogens is 1. The third-order valence-corrected chi connectivity index (χ3v) is 6.46. The van der Waals surface area contributed by atoms with Crippen molar-refractivity contribution in [2.24, 2.45) is 4.99 Å². The highest BCUT2D eigenvalue weighted by Crippen LogP contribution is 2.32. The summed E-state index contributed by atoms with van der Waals surface area (Å²) in [5.74, 6) is 0.586. The molecule has 4 rings (SSSR count). The van der Waals surface area contributed by atoms with Crippen LogP contribution in [0.3, 0.4) is 0 Å². The molecule has 0 unspecified atom stereocenters. The van der Waals surface area contributed by atoms with Crippen molar-refractivity contribution in [3.05, 3.63) is 27.9 Å². The number of hydrogen-bond acceptors (Lipinski definition) is 9. The summed E-state index contributed by atoms with van der Waals surface area (Å²) in [4.78, 5) is 23.3. The van der Waals surface area contributed by atoms with Gasteiger partial charge in [0.2, 0.25) is 0 Å². The first-order valence-corrected chi connectivity index (χ1v) is 10.1. The van der Waals surface area contributed by atoms with Crippen LogP contribution in [0.4, 0.5) is 0 Å². The summed E-state index contributed by atoms with van der Waals surface area (Å²) >= 11 is 3.28. The predicted molar refractivity (Wildman–Crippen MR) is 99.2 cm³/mol.